The summed E-state index contributed by atoms with van der Waals surface area (Å²) in [4.78, 5) is 12.6. The van der Waals surface area contributed by atoms with Crippen LogP contribution in [0.5, 0.6) is 0 Å². The Bertz CT molecular complexity index is 657. The number of carbonyl (C=O) groups is 1. The molecule has 0 bridgehead atoms. The molecule has 1 fully saturated rings. The van der Waals surface area contributed by atoms with Crippen molar-refractivity contribution in [2.24, 2.45) is 5.14 Å². The highest BCUT2D eigenvalue weighted by Gasteiger charge is 2.35. The molecule has 8 heteroatoms. The van der Waals surface area contributed by atoms with Gasteiger partial charge in [0.15, 0.2) is 5.82 Å². The van der Waals surface area contributed by atoms with Gasteiger partial charge >= 0.3 is 0 Å². The average Bonchev–Trinajstić information content (AvgIpc) is 3.12. The standard InChI is InChI=1S/C12H14F2N2O3S/c1-2-16(7-3-4-7)12(17)10-8(13)5-6-9(11(10)14)20(15,18)19/h5-7H,2-4H2,1H3,(H2,15,18,19). The van der Waals surface area contributed by atoms with Crippen LogP contribution < -0.4 is 5.14 Å². The maximum atomic E-state index is 14.1. The number of carbonyl (C=O) groups excluding carboxylic acids is 1. The molecule has 1 aliphatic carbocycles. The van der Waals surface area contributed by atoms with Gasteiger partial charge in [0, 0.05) is 12.6 Å². The second-order valence-electron chi connectivity index (χ2n) is 4.60. The lowest BCUT2D eigenvalue weighted by molar-refractivity contribution is 0.0742. The average molecular weight is 304 g/mol. The highest BCUT2D eigenvalue weighted by atomic mass is 32.2. The van der Waals surface area contributed by atoms with Gasteiger partial charge in [0.1, 0.15) is 16.3 Å². The van der Waals surface area contributed by atoms with Crippen molar-refractivity contribution in [3.63, 3.8) is 0 Å². The molecule has 0 radical (unpaired) electrons. The molecular formula is C12H14F2N2O3S. The zero-order valence-electron chi connectivity index (χ0n) is 10.8. The van der Waals surface area contributed by atoms with Crippen LogP contribution in [0, 0.1) is 11.6 Å². The molecule has 1 aliphatic rings. The van der Waals surface area contributed by atoms with Crippen molar-refractivity contribution in [1.29, 1.82) is 0 Å². The molecule has 0 aliphatic heterocycles. The molecule has 20 heavy (non-hydrogen) atoms. The van der Waals surface area contributed by atoms with Gasteiger partial charge in [-0.15, -0.1) is 0 Å². The SMILES string of the molecule is CCN(C(=O)c1c(F)ccc(S(N)(=O)=O)c1F)C1CC1. The molecule has 0 unspecified atom stereocenters. The van der Waals surface area contributed by atoms with E-state index in [4.69, 9.17) is 5.14 Å². The molecule has 1 saturated carbocycles. The van der Waals surface area contributed by atoms with E-state index in [1.807, 2.05) is 0 Å². The minimum absolute atomic E-state index is 0.0376. The summed E-state index contributed by atoms with van der Waals surface area (Å²) in [5.41, 5.74) is -0.870. The van der Waals surface area contributed by atoms with Crippen LogP contribution in [0.25, 0.3) is 0 Å². The molecule has 110 valence electrons. The molecule has 1 aromatic carbocycles. The summed E-state index contributed by atoms with van der Waals surface area (Å²) in [6.45, 7) is 1.98. The van der Waals surface area contributed by atoms with Crippen molar-refractivity contribution in [3.05, 3.63) is 29.3 Å². The molecule has 2 N–H and O–H groups in total. The largest absolute Gasteiger partial charge is 0.336 e. The molecule has 0 heterocycles. The molecule has 1 aromatic rings. The van der Waals surface area contributed by atoms with Gasteiger partial charge in [0.25, 0.3) is 5.91 Å². The molecule has 2 rings (SSSR count). The van der Waals surface area contributed by atoms with Crippen LogP contribution in [0.2, 0.25) is 0 Å². The fourth-order valence-electron chi connectivity index (χ4n) is 2.05. The van der Waals surface area contributed by atoms with Gasteiger partial charge in [0.05, 0.1) is 0 Å². The molecule has 5 nitrogen and oxygen atoms in total. The lowest BCUT2D eigenvalue weighted by Crippen LogP contribution is -2.34. The lowest BCUT2D eigenvalue weighted by atomic mass is 10.1. The monoisotopic (exact) mass is 304 g/mol. The van der Waals surface area contributed by atoms with Crippen molar-refractivity contribution in [2.75, 3.05) is 6.54 Å². The summed E-state index contributed by atoms with van der Waals surface area (Å²) in [5, 5.41) is 4.84. The third-order valence-electron chi connectivity index (χ3n) is 3.17. The molecule has 0 saturated heterocycles. The van der Waals surface area contributed by atoms with E-state index in [1.54, 1.807) is 6.92 Å². The molecule has 1 amide bonds. The summed E-state index contributed by atoms with van der Waals surface area (Å²) >= 11 is 0. The summed E-state index contributed by atoms with van der Waals surface area (Å²) in [5.74, 6) is -3.38. The van der Waals surface area contributed by atoms with Gasteiger partial charge in [-0.2, -0.15) is 0 Å². The second kappa shape index (κ2) is 5.10. The summed E-state index contributed by atoms with van der Waals surface area (Å²) < 4.78 is 50.3. The Balaban J connectivity index is 2.53. The van der Waals surface area contributed by atoms with E-state index in [-0.39, 0.29) is 6.04 Å². The van der Waals surface area contributed by atoms with Crippen LogP contribution in [0.1, 0.15) is 30.1 Å². The van der Waals surface area contributed by atoms with Gasteiger partial charge in [-0.3, -0.25) is 4.79 Å². The number of rotatable bonds is 4. The maximum Gasteiger partial charge on any atom is 0.260 e. The minimum Gasteiger partial charge on any atom is -0.336 e. The van der Waals surface area contributed by atoms with Gasteiger partial charge in [-0.25, -0.2) is 22.3 Å². The summed E-state index contributed by atoms with van der Waals surface area (Å²) in [6.07, 6.45) is 1.55. The van der Waals surface area contributed by atoms with Crippen LogP contribution in [-0.2, 0) is 10.0 Å². The first-order valence-corrected chi connectivity index (χ1v) is 7.63. The van der Waals surface area contributed by atoms with Gasteiger partial charge in [-0.05, 0) is 31.9 Å². The molecule has 0 spiro atoms. The van der Waals surface area contributed by atoms with Gasteiger partial charge in [-0.1, -0.05) is 0 Å². The normalized spacial score (nSPS) is 15.2. The van der Waals surface area contributed by atoms with Gasteiger partial charge < -0.3 is 4.90 Å². The smallest absolute Gasteiger partial charge is 0.260 e. The van der Waals surface area contributed by atoms with Crippen molar-refractivity contribution in [3.8, 4) is 0 Å². The van der Waals surface area contributed by atoms with E-state index >= 15 is 0 Å². The Hall–Kier alpha value is -1.54. The van der Waals surface area contributed by atoms with Crippen LogP contribution in [0.15, 0.2) is 17.0 Å². The Kier molecular flexibility index (Phi) is 3.79. The predicted octanol–water partition coefficient (Wildman–Crippen LogP) is 1.24. The first-order valence-electron chi connectivity index (χ1n) is 6.09. The van der Waals surface area contributed by atoms with Crippen molar-refractivity contribution in [1.82, 2.24) is 4.90 Å². The number of hydrogen-bond acceptors (Lipinski definition) is 3. The van der Waals surface area contributed by atoms with E-state index < -0.39 is 38.0 Å². The zero-order chi connectivity index (χ0) is 15.1. The van der Waals surface area contributed by atoms with Crippen LogP contribution in [0.4, 0.5) is 8.78 Å². The number of nitrogens with zero attached hydrogens (tertiary/aromatic N) is 1. The van der Waals surface area contributed by atoms with E-state index in [1.165, 1.54) is 4.90 Å². The maximum absolute atomic E-state index is 14.1. The van der Waals surface area contributed by atoms with E-state index in [0.717, 1.165) is 18.9 Å². The number of halogens is 2. The topological polar surface area (TPSA) is 80.5 Å². The summed E-state index contributed by atoms with van der Waals surface area (Å²) in [6, 6.07) is 1.41. The van der Waals surface area contributed by atoms with E-state index in [2.05, 4.69) is 0 Å². The summed E-state index contributed by atoms with van der Waals surface area (Å²) in [7, 11) is -4.36. The number of amides is 1. The number of benzene rings is 1. The number of nitrogens with two attached hydrogens (primary N) is 1. The molecule has 0 aromatic heterocycles. The first kappa shape index (κ1) is 14.9. The highest BCUT2D eigenvalue weighted by molar-refractivity contribution is 7.89. The Morgan fingerprint density at radius 2 is 2.00 bits per heavy atom. The second-order valence-corrected chi connectivity index (χ2v) is 6.13. The highest BCUT2D eigenvalue weighted by Crippen LogP contribution is 2.30. The van der Waals surface area contributed by atoms with Crippen molar-refractivity contribution in [2.45, 2.75) is 30.7 Å². The third-order valence-corrected chi connectivity index (χ3v) is 4.09. The van der Waals surface area contributed by atoms with E-state index in [0.29, 0.717) is 12.6 Å². The molecule has 0 atom stereocenters. The third kappa shape index (κ3) is 2.66. The Labute approximate surface area is 115 Å². The van der Waals surface area contributed by atoms with Crippen LogP contribution >= 0.6 is 0 Å². The number of hydrogen-bond donors (Lipinski definition) is 1. The van der Waals surface area contributed by atoms with Crippen LogP contribution in [0.3, 0.4) is 0 Å². The van der Waals surface area contributed by atoms with Gasteiger partial charge in [0.2, 0.25) is 10.0 Å². The number of sulfonamides is 1. The number of primary sulfonamides is 1. The minimum atomic E-state index is -4.36. The molecular weight excluding hydrogens is 290 g/mol. The predicted molar refractivity (Wildman–Crippen MR) is 67.5 cm³/mol. The Morgan fingerprint density at radius 1 is 1.40 bits per heavy atom. The fourth-order valence-corrected chi connectivity index (χ4v) is 2.66. The Morgan fingerprint density at radius 3 is 2.45 bits per heavy atom. The zero-order valence-corrected chi connectivity index (χ0v) is 11.6. The van der Waals surface area contributed by atoms with E-state index in [9.17, 15) is 22.0 Å². The van der Waals surface area contributed by atoms with Crippen molar-refractivity contribution >= 4 is 15.9 Å². The van der Waals surface area contributed by atoms with Crippen molar-refractivity contribution < 1.29 is 22.0 Å². The lowest BCUT2D eigenvalue weighted by Gasteiger charge is -2.21. The first-order chi connectivity index (χ1) is 9.27. The fraction of sp³-hybridized carbons (Fsp3) is 0.417. The quantitative estimate of drug-likeness (QED) is 0.908. The van der Waals surface area contributed by atoms with Crippen LogP contribution in [-0.4, -0.2) is 31.8 Å².